The molecule has 1 aliphatic heterocycles. The third-order valence-corrected chi connectivity index (χ3v) is 7.58. The summed E-state index contributed by atoms with van der Waals surface area (Å²) in [6, 6.07) is 18.7. The van der Waals surface area contributed by atoms with Crippen molar-refractivity contribution in [3.63, 3.8) is 0 Å². The summed E-state index contributed by atoms with van der Waals surface area (Å²) in [4.78, 5) is 12.5. The molecular formula is C24H25FN2O4S. The molecule has 1 amide bonds. The van der Waals surface area contributed by atoms with Gasteiger partial charge in [0.15, 0.2) is 0 Å². The highest BCUT2D eigenvalue weighted by atomic mass is 32.2. The molecule has 0 unspecified atom stereocenters. The first-order valence-corrected chi connectivity index (χ1v) is 12.0. The first kappa shape index (κ1) is 22.2. The van der Waals surface area contributed by atoms with Crippen molar-refractivity contribution in [2.45, 2.75) is 17.7 Å². The summed E-state index contributed by atoms with van der Waals surface area (Å²) in [5.74, 6) is -0.0672. The van der Waals surface area contributed by atoms with Gasteiger partial charge in [0, 0.05) is 19.0 Å². The number of piperidine rings is 1. The molecule has 1 fully saturated rings. The molecule has 0 spiro atoms. The van der Waals surface area contributed by atoms with Crippen LogP contribution in [0.15, 0.2) is 71.6 Å². The fourth-order valence-corrected chi connectivity index (χ4v) is 5.33. The van der Waals surface area contributed by atoms with Crippen LogP contribution in [0.1, 0.15) is 12.8 Å². The van der Waals surface area contributed by atoms with E-state index in [0.717, 1.165) is 28.7 Å². The lowest BCUT2D eigenvalue weighted by molar-refractivity contribution is -0.126. The van der Waals surface area contributed by atoms with Gasteiger partial charge in [-0.2, -0.15) is 4.31 Å². The molecule has 0 saturated carbocycles. The summed E-state index contributed by atoms with van der Waals surface area (Å²) < 4.78 is 45.6. The molecule has 3 aromatic carbocycles. The first-order chi connectivity index (χ1) is 15.4. The van der Waals surface area contributed by atoms with Crippen molar-refractivity contribution in [1.29, 1.82) is 0 Å². The Kier molecular flexibility index (Phi) is 6.72. The van der Waals surface area contributed by atoms with Gasteiger partial charge in [0.25, 0.3) is 0 Å². The topological polar surface area (TPSA) is 75.7 Å². The minimum atomic E-state index is -3.68. The van der Waals surface area contributed by atoms with E-state index < -0.39 is 15.8 Å². The van der Waals surface area contributed by atoms with Crippen LogP contribution in [-0.4, -0.2) is 44.9 Å². The van der Waals surface area contributed by atoms with Crippen LogP contribution in [0.5, 0.6) is 5.75 Å². The van der Waals surface area contributed by atoms with Gasteiger partial charge < -0.3 is 10.1 Å². The van der Waals surface area contributed by atoms with E-state index in [4.69, 9.17) is 4.74 Å². The Bertz CT molecular complexity index is 1190. The normalized spacial score (nSPS) is 15.5. The van der Waals surface area contributed by atoms with E-state index >= 15 is 0 Å². The van der Waals surface area contributed by atoms with E-state index in [0.29, 0.717) is 26.0 Å². The zero-order valence-corrected chi connectivity index (χ0v) is 18.4. The van der Waals surface area contributed by atoms with Crippen molar-refractivity contribution < 1.29 is 22.3 Å². The molecular weight excluding hydrogens is 431 g/mol. The van der Waals surface area contributed by atoms with Crippen LogP contribution in [0, 0.1) is 11.7 Å². The monoisotopic (exact) mass is 456 g/mol. The predicted octanol–water partition coefficient (Wildman–Crippen LogP) is 3.57. The summed E-state index contributed by atoms with van der Waals surface area (Å²) in [5, 5.41) is 5.11. The number of nitrogens with one attached hydrogen (secondary N) is 1. The lowest BCUT2D eigenvalue weighted by Gasteiger charge is -2.30. The van der Waals surface area contributed by atoms with Crippen molar-refractivity contribution in [1.82, 2.24) is 9.62 Å². The molecule has 1 saturated heterocycles. The van der Waals surface area contributed by atoms with Crippen LogP contribution >= 0.6 is 0 Å². The van der Waals surface area contributed by atoms with Crippen LogP contribution in [0.2, 0.25) is 0 Å². The second kappa shape index (κ2) is 9.67. The van der Waals surface area contributed by atoms with Gasteiger partial charge in [0.05, 0.1) is 11.4 Å². The summed E-state index contributed by atoms with van der Waals surface area (Å²) in [6.45, 7) is 1.23. The molecule has 1 aliphatic rings. The summed E-state index contributed by atoms with van der Waals surface area (Å²) in [7, 11) is -3.68. The zero-order chi connectivity index (χ0) is 22.6. The number of carbonyl (C=O) groups is 1. The van der Waals surface area contributed by atoms with E-state index in [1.807, 2.05) is 42.5 Å². The molecule has 0 atom stereocenters. The van der Waals surface area contributed by atoms with Crippen LogP contribution in [0.3, 0.4) is 0 Å². The molecule has 6 nitrogen and oxygen atoms in total. The maximum absolute atomic E-state index is 13.1. The molecule has 168 valence electrons. The number of rotatable bonds is 7. The number of carbonyl (C=O) groups excluding carboxylic acids is 1. The maximum atomic E-state index is 13.1. The number of hydrogen-bond acceptors (Lipinski definition) is 4. The Morgan fingerprint density at radius 3 is 2.41 bits per heavy atom. The third kappa shape index (κ3) is 5.08. The van der Waals surface area contributed by atoms with Crippen molar-refractivity contribution in [3.8, 4) is 5.75 Å². The lowest BCUT2D eigenvalue weighted by Crippen LogP contribution is -2.43. The second-order valence-electron chi connectivity index (χ2n) is 7.78. The van der Waals surface area contributed by atoms with Crippen molar-refractivity contribution in [2.75, 3.05) is 26.2 Å². The van der Waals surface area contributed by atoms with E-state index in [9.17, 15) is 17.6 Å². The van der Waals surface area contributed by atoms with Crippen LogP contribution < -0.4 is 10.1 Å². The predicted molar refractivity (Wildman–Crippen MR) is 120 cm³/mol. The Labute approximate surface area is 187 Å². The molecule has 32 heavy (non-hydrogen) atoms. The maximum Gasteiger partial charge on any atom is 0.243 e. The molecule has 0 radical (unpaired) electrons. The fourth-order valence-electron chi connectivity index (χ4n) is 3.86. The van der Waals surface area contributed by atoms with Gasteiger partial charge in [-0.15, -0.1) is 0 Å². The Balaban J connectivity index is 1.22. The third-order valence-electron chi connectivity index (χ3n) is 5.67. The van der Waals surface area contributed by atoms with Crippen molar-refractivity contribution in [2.24, 2.45) is 5.92 Å². The Morgan fingerprint density at radius 1 is 1.00 bits per heavy atom. The van der Waals surface area contributed by atoms with Gasteiger partial charge in [0.2, 0.25) is 15.9 Å². The quantitative estimate of drug-likeness (QED) is 0.552. The van der Waals surface area contributed by atoms with Gasteiger partial charge in [0.1, 0.15) is 18.2 Å². The SMILES string of the molecule is O=C(NCCOc1ccc2ccccc2c1)C1CCN(S(=O)(=O)c2ccc(F)cc2)CC1. The van der Waals surface area contributed by atoms with Gasteiger partial charge in [-0.05, 0) is 60.0 Å². The van der Waals surface area contributed by atoms with Gasteiger partial charge in [-0.3, -0.25) is 4.79 Å². The average Bonchev–Trinajstić information content (AvgIpc) is 2.82. The van der Waals surface area contributed by atoms with E-state index in [1.165, 1.54) is 16.4 Å². The van der Waals surface area contributed by atoms with Crippen LogP contribution in [0.25, 0.3) is 10.8 Å². The number of hydrogen-bond donors (Lipinski definition) is 1. The Morgan fingerprint density at radius 2 is 1.69 bits per heavy atom. The highest BCUT2D eigenvalue weighted by Crippen LogP contribution is 2.24. The van der Waals surface area contributed by atoms with Gasteiger partial charge >= 0.3 is 0 Å². The molecule has 0 aromatic heterocycles. The van der Waals surface area contributed by atoms with Crippen molar-refractivity contribution in [3.05, 3.63) is 72.5 Å². The summed E-state index contributed by atoms with van der Waals surface area (Å²) in [6.07, 6.45) is 0.885. The highest BCUT2D eigenvalue weighted by molar-refractivity contribution is 7.89. The number of benzene rings is 3. The molecule has 1 heterocycles. The first-order valence-electron chi connectivity index (χ1n) is 10.6. The molecule has 0 aliphatic carbocycles. The molecule has 8 heteroatoms. The molecule has 1 N–H and O–H groups in total. The number of sulfonamides is 1. The number of amides is 1. The highest BCUT2D eigenvalue weighted by Gasteiger charge is 2.32. The lowest BCUT2D eigenvalue weighted by atomic mass is 9.97. The van der Waals surface area contributed by atoms with E-state index in [2.05, 4.69) is 5.32 Å². The van der Waals surface area contributed by atoms with Crippen molar-refractivity contribution >= 4 is 26.7 Å². The number of nitrogens with zero attached hydrogens (tertiary/aromatic N) is 1. The smallest absolute Gasteiger partial charge is 0.243 e. The summed E-state index contributed by atoms with van der Waals surface area (Å²) >= 11 is 0. The standard InChI is InChI=1S/C24H25FN2O4S/c25-21-6-9-23(10-7-21)32(29,30)27-14-11-19(12-15-27)24(28)26-13-16-31-22-8-5-18-3-1-2-4-20(18)17-22/h1-10,17,19H,11-16H2,(H,26,28). The average molecular weight is 457 g/mol. The zero-order valence-electron chi connectivity index (χ0n) is 17.5. The van der Waals surface area contributed by atoms with Crippen LogP contribution in [-0.2, 0) is 14.8 Å². The van der Waals surface area contributed by atoms with Gasteiger partial charge in [-0.25, -0.2) is 12.8 Å². The summed E-state index contributed by atoms with van der Waals surface area (Å²) in [5.41, 5.74) is 0. The van der Waals surface area contributed by atoms with E-state index in [1.54, 1.807) is 0 Å². The second-order valence-corrected chi connectivity index (χ2v) is 9.72. The van der Waals surface area contributed by atoms with E-state index in [-0.39, 0.29) is 29.8 Å². The van der Waals surface area contributed by atoms with Crippen LogP contribution in [0.4, 0.5) is 4.39 Å². The molecule has 4 rings (SSSR count). The number of ether oxygens (including phenoxy) is 1. The largest absolute Gasteiger partial charge is 0.492 e. The minimum absolute atomic E-state index is 0.0626. The fraction of sp³-hybridized carbons (Fsp3) is 0.292. The molecule has 0 bridgehead atoms. The van der Waals surface area contributed by atoms with Gasteiger partial charge in [-0.1, -0.05) is 30.3 Å². The number of fused-ring (bicyclic) bond motifs is 1. The minimum Gasteiger partial charge on any atom is -0.492 e. The molecule has 3 aromatic rings. The number of halogens is 1. The Hall–Kier alpha value is -2.97.